The molecule has 1 N–H and O–H groups in total. The van der Waals surface area contributed by atoms with E-state index in [0.29, 0.717) is 18.5 Å². The van der Waals surface area contributed by atoms with E-state index in [1.165, 1.54) is 0 Å². The highest BCUT2D eigenvalue weighted by atomic mass is 16.5. The Balaban J connectivity index is 1.59. The van der Waals surface area contributed by atoms with Crippen molar-refractivity contribution >= 4 is 22.7 Å². The third kappa shape index (κ3) is 3.53. The predicted molar refractivity (Wildman–Crippen MR) is 106 cm³/mol. The molecule has 4 rings (SSSR count). The zero-order valence-corrected chi connectivity index (χ0v) is 15.5. The van der Waals surface area contributed by atoms with Crippen molar-refractivity contribution in [2.45, 2.75) is 18.6 Å². The van der Waals surface area contributed by atoms with Crippen LogP contribution in [0.2, 0.25) is 0 Å². The van der Waals surface area contributed by atoms with E-state index in [4.69, 9.17) is 4.74 Å². The molecule has 28 heavy (non-hydrogen) atoms. The summed E-state index contributed by atoms with van der Waals surface area (Å²) in [6.45, 7) is 0.358. The molecule has 3 aromatic rings. The fraction of sp³-hybridized carbons (Fsp3) is 0.227. The summed E-state index contributed by atoms with van der Waals surface area (Å²) in [5.41, 5.74) is 1.36. The number of carbonyl (C=O) groups is 2. The van der Waals surface area contributed by atoms with E-state index in [0.717, 1.165) is 16.7 Å². The maximum atomic E-state index is 13.2. The number of likely N-dealkylation sites (tertiary alicyclic amines) is 1. The van der Waals surface area contributed by atoms with E-state index in [-0.39, 0.29) is 17.9 Å². The molecule has 6 heteroatoms. The van der Waals surface area contributed by atoms with Gasteiger partial charge in [-0.15, -0.1) is 0 Å². The van der Waals surface area contributed by atoms with Gasteiger partial charge in [-0.25, -0.2) is 0 Å². The first kappa shape index (κ1) is 18.0. The molecule has 0 saturated carbocycles. The molecule has 0 unspecified atom stereocenters. The average molecular weight is 375 g/mol. The molecule has 2 heterocycles. The van der Waals surface area contributed by atoms with Gasteiger partial charge in [0, 0.05) is 30.6 Å². The number of ether oxygens (including phenoxy) is 1. The fourth-order valence-corrected chi connectivity index (χ4v) is 3.59. The van der Waals surface area contributed by atoms with Crippen LogP contribution in [0.25, 0.3) is 10.9 Å². The second kappa shape index (κ2) is 7.68. The summed E-state index contributed by atoms with van der Waals surface area (Å²) in [5, 5.41) is 3.55. The van der Waals surface area contributed by atoms with Crippen molar-refractivity contribution in [1.82, 2.24) is 15.2 Å². The molecule has 0 spiro atoms. The Hall–Kier alpha value is -3.41. The fourth-order valence-electron chi connectivity index (χ4n) is 3.59. The van der Waals surface area contributed by atoms with Crippen molar-refractivity contribution < 1.29 is 14.3 Å². The molecule has 2 atom stereocenters. The van der Waals surface area contributed by atoms with E-state index < -0.39 is 6.04 Å². The molecule has 142 valence electrons. The monoisotopic (exact) mass is 375 g/mol. The number of benzene rings is 2. The zero-order chi connectivity index (χ0) is 19.5. The number of rotatable bonds is 4. The minimum Gasteiger partial charge on any atom is -0.488 e. The van der Waals surface area contributed by atoms with Gasteiger partial charge >= 0.3 is 0 Å². The number of hydrogen-bond acceptors (Lipinski definition) is 4. The van der Waals surface area contributed by atoms with E-state index >= 15 is 0 Å². The third-order valence-corrected chi connectivity index (χ3v) is 4.97. The number of amides is 2. The first-order valence-corrected chi connectivity index (χ1v) is 9.25. The number of pyridine rings is 1. The third-order valence-electron chi connectivity index (χ3n) is 4.97. The highest BCUT2D eigenvalue weighted by Gasteiger charge is 2.40. The lowest BCUT2D eigenvalue weighted by molar-refractivity contribution is -0.124. The molecule has 0 radical (unpaired) electrons. The van der Waals surface area contributed by atoms with Gasteiger partial charge in [-0.3, -0.25) is 14.6 Å². The van der Waals surface area contributed by atoms with Gasteiger partial charge in [0.25, 0.3) is 5.91 Å². The van der Waals surface area contributed by atoms with E-state index in [1.54, 1.807) is 24.2 Å². The first-order valence-electron chi connectivity index (χ1n) is 9.25. The summed E-state index contributed by atoms with van der Waals surface area (Å²) in [4.78, 5) is 31.5. The van der Waals surface area contributed by atoms with Crippen molar-refractivity contribution in [2.24, 2.45) is 0 Å². The van der Waals surface area contributed by atoms with E-state index in [1.807, 2.05) is 54.6 Å². The van der Waals surface area contributed by atoms with Crippen LogP contribution in [-0.2, 0) is 4.79 Å². The Kier molecular flexibility index (Phi) is 4.93. The molecule has 1 saturated heterocycles. The highest BCUT2D eigenvalue weighted by molar-refractivity contribution is 6.00. The van der Waals surface area contributed by atoms with Gasteiger partial charge in [-0.2, -0.15) is 0 Å². The van der Waals surface area contributed by atoms with Crippen LogP contribution in [-0.4, -0.2) is 47.4 Å². The van der Waals surface area contributed by atoms with Crippen molar-refractivity contribution in [3.8, 4) is 5.75 Å². The molecule has 0 aliphatic carbocycles. The van der Waals surface area contributed by atoms with Crippen LogP contribution in [0.15, 0.2) is 66.9 Å². The van der Waals surface area contributed by atoms with Crippen LogP contribution in [0.4, 0.5) is 0 Å². The second-order valence-electron chi connectivity index (χ2n) is 6.79. The quantitative estimate of drug-likeness (QED) is 0.761. The van der Waals surface area contributed by atoms with Gasteiger partial charge < -0.3 is 15.0 Å². The smallest absolute Gasteiger partial charge is 0.254 e. The Bertz CT molecular complexity index is 1010. The summed E-state index contributed by atoms with van der Waals surface area (Å²) in [5.74, 6) is 0.364. The summed E-state index contributed by atoms with van der Waals surface area (Å²) >= 11 is 0. The van der Waals surface area contributed by atoms with Gasteiger partial charge in [0.1, 0.15) is 17.9 Å². The largest absolute Gasteiger partial charge is 0.488 e. The molecule has 1 aliphatic heterocycles. The SMILES string of the molecule is CNC(=O)[C@@H]1C[C@H](Oc2ccccc2)CN1C(=O)c1ccc2ncccc2c1. The van der Waals surface area contributed by atoms with Crippen molar-refractivity contribution in [2.75, 3.05) is 13.6 Å². The number of nitrogens with zero attached hydrogens (tertiary/aromatic N) is 2. The van der Waals surface area contributed by atoms with E-state index in [2.05, 4.69) is 10.3 Å². The van der Waals surface area contributed by atoms with Crippen LogP contribution in [0.3, 0.4) is 0 Å². The normalized spacial score (nSPS) is 18.8. The lowest BCUT2D eigenvalue weighted by atomic mass is 10.1. The lowest BCUT2D eigenvalue weighted by Gasteiger charge is -2.23. The number of hydrogen-bond donors (Lipinski definition) is 1. The van der Waals surface area contributed by atoms with Crippen LogP contribution in [0, 0.1) is 0 Å². The summed E-state index contributed by atoms with van der Waals surface area (Å²) in [6.07, 6.45) is 1.93. The molecule has 2 aromatic carbocycles. The highest BCUT2D eigenvalue weighted by Crippen LogP contribution is 2.26. The van der Waals surface area contributed by atoms with Crippen molar-refractivity contribution in [1.29, 1.82) is 0 Å². The summed E-state index contributed by atoms with van der Waals surface area (Å²) in [7, 11) is 1.58. The van der Waals surface area contributed by atoms with Gasteiger partial charge in [0.2, 0.25) is 5.91 Å². The topological polar surface area (TPSA) is 71.5 Å². The maximum absolute atomic E-state index is 13.2. The van der Waals surface area contributed by atoms with Crippen LogP contribution >= 0.6 is 0 Å². The molecule has 6 nitrogen and oxygen atoms in total. The first-order chi connectivity index (χ1) is 13.7. The van der Waals surface area contributed by atoms with Crippen molar-refractivity contribution in [3.05, 3.63) is 72.4 Å². The van der Waals surface area contributed by atoms with E-state index in [9.17, 15) is 9.59 Å². The Morgan fingerprint density at radius 3 is 2.71 bits per heavy atom. The molecular formula is C22H21N3O3. The Morgan fingerprint density at radius 1 is 1.11 bits per heavy atom. The number of para-hydroxylation sites is 1. The second-order valence-corrected chi connectivity index (χ2v) is 6.79. The van der Waals surface area contributed by atoms with Crippen LogP contribution in [0.5, 0.6) is 5.75 Å². The predicted octanol–water partition coefficient (Wildman–Crippen LogP) is 2.64. The Morgan fingerprint density at radius 2 is 1.93 bits per heavy atom. The molecule has 1 aliphatic rings. The number of nitrogens with one attached hydrogen (secondary N) is 1. The number of aromatic nitrogens is 1. The van der Waals surface area contributed by atoms with Crippen LogP contribution in [0.1, 0.15) is 16.8 Å². The van der Waals surface area contributed by atoms with Gasteiger partial charge in [0.05, 0.1) is 12.1 Å². The lowest BCUT2D eigenvalue weighted by Crippen LogP contribution is -2.44. The average Bonchev–Trinajstić information content (AvgIpc) is 3.16. The molecule has 1 aromatic heterocycles. The van der Waals surface area contributed by atoms with Gasteiger partial charge in [-0.05, 0) is 36.4 Å². The van der Waals surface area contributed by atoms with Crippen LogP contribution < -0.4 is 10.1 Å². The molecule has 1 fully saturated rings. The standard InChI is InChI=1S/C22H21N3O3/c1-23-21(26)20-13-18(28-17-7-3-2-4-8-17)14-25(20)22(27)16-9-10-19-15(12-16)6-5-11-24-19/h2-12,18,20H,13-14H2,1H3,(H,23,26)/t18-,20-/m0/s1. The molecular weight excluding hydrogens is 354 g/mol. The van der Waals surface area contributed by atoms with Crippen molar-refractivity contribution in [3.63, 3.8) is 0 Å². The summed E-state index contributed by atoms with van der Waals surface area (Å²) in [6, 6.07) is 18.0. The number of carbonyl (C=O) groups excluding carboxylic acids is 2. The molecule has 0 bridgehead atoms. The zero-order valence-electron chi connectivity index (χ0n) is 15.5. The van der Waals surface area contributed by atoms with Gasteiger partial charge in [-0.1, -0.05) is 24.3 Å². The number of likely N-dealkylation sites (N-methyl/N-ethyl adjacent to an activating group) is 1. The maximum Gasteiger partial charge on any atom is 0.254 e. The molecule has 2 amide bonds. The minimum absolute atomic E-state index is 0.182. The Labute approximate surface area is 163 Å². The summed E-state index contributed by atoms with van der Waals surface area (Å²) < 4.78 is 6.00. The van der Waals surface area contributed by atoms with Gasteiger partial charge in [0.15, 0.2) is 0 Å². The minimum atomic E-state index is -0.559. The number of fused-ring (bicyclic) bond motifs is 1.